The van der Waals surface area contributed by atoms with Crippen LogP contribution in [0.2, 0.25) is 0 Å². The van der Waals surface area contributed by atoms with Crippen LogP contribution in [-0.2, 0) is 0 Å². The van der Waals surface area contributed by atoms with E-state index >= 15 is 0 Å². The minimum Gasteiger partial charge on any atom is -0.334 e. The van der Waals surface area contributed by atoms with Gasteiger partial charge < -0.3 is 9.80 Å². The van der Waals surface area contributed by atoms with Gasteiger partial charge in [0.05, 0.1) is 6.04 Å². The number of rotatable bonds is 0. The summed E-state index contributed by atoms with van der Waals surface area (Å²) in [7, 11) is 3.67. The summed E-state index contributed by atoms with van der Waals surface area (Å²) in [5.41, 5.74) is 5.53. The third-order valence-corrected chi connectivity index (χ3v) is 5.81. The van der Waals surface area contributed by atoms with Gasteiger partial charge in [0.1, 0.15) is 0 Å². The maximum atomic E-state index is 13.0. The van der Waals surface area contributed by atoms with Crippen molar-refractivity contribution in [3.05, 3.63) is 88.6 Å². The molecule has 0 radical (unpaired) electrons. The maximum Gasteiger partial charge on any atom is 0.258 e. The van der Waals surface area contributed by atoms with Crippen LogP contribution < -0.4 is 0 Å². The van der Waals surface area contributed by atoms with Gasteiger partial charge in [-0.3, -0.25) is 9.59 Å². The fourth-order valence-electron chi connectivity index (χ4n) is 4.55. The molecule has 4 heteroatoms. The van der Waals surface area contributed by atoms with Gasteiger partial charge in [0.25, 0.3) is 11.8 Å². The van der Waals surface area contributed by atoms with Crippen LogP contribution in [0.5, 0.6) is 0 Å². The van der Waals surface area contributed by atoms with Crippen LogP contribution in [0.1, 0.15) is 37.8 Å². The van der Waals surface area contributed by atoms with Crippen molar-refractivity contribution < 1.29 is 9.59 Å². The van der Waals surface area contributed by atoms with E-state index in [0.29, 0.717) is 0 Å². The molecule has 2 unspecified atom stereocenters. The number of hydrogen-bond donors (Lipinski definition) is 0. The number of fused-ring (bicyclic) bond motifs is 7. The monoisotopic (exact) mass is 342 g/mol. The zero-order chi connectivity index (χ0) is 18.0. The number of benzene rings is 2. The summed E-state index contributed by atoms with van der Waals surface area (Å²) < 4.78 is 0. The Hall–Kier alpha value is -3.14. The molecule has 5 rings (SSSR count). The van der Waals surface area contributed by atoms with Crippen LogP contribution in [-0.4, -0.2) is 41.8 Å². The van der Waals surface area contributed by atoms with Crippen LogP contribution in [0.15, 0.2) is 66.4 Å². The lowest BCUT2D eigenvalue weighted by atomic mass is 9.72. The van der Waals surface area contributed by atoms with Gasteiger partial charge in [-0.25, -0.2) is 0 Å². The molecule has 0 bridgehead atoms. The number of likely N-dealkylation sites (N-methyl/N-ethyl adjacent to an activating group) is 2. The van der Waals surface area contributed by atoms with E-state index in [2.05, 4.69) is 6.08 Å². The zero-order valence-corrected chi connectivity index (χ0v) is 14.6. The number of hydrogen-bond acceptors (Lipinski definition) is 2. The van der Waals surface area contributed by atoms with Crippen LogP contribution >= 0.6 is 0 Å². The Labute approximate surface area is 152 Å². The van der Waals surface area contributed by atoms with E-state index in [9.17, 15) is 9.59 Å². The number of carbonyl (C=O) groups is 2. The summed E-state index contributed by atoms with van der Waals surface area (Å²) in [6.07, 6.45) is 4.10. The highest BCUT2D eigenvalue weighted by atomic mass is 16.2. The summed E-state index contributed by atoms with van der Waals surface area (Å²) in [4.78, 5) is 29.3. The molecule has 0 aromatic heterocycles. The smallest absolute Gasteiger partial charge is 0.258 e. The van der Waals surface area contributed by atoms with Gasteiger partial charge in [0.15, 0.2) is 0 Å². The molecule has 0 saturated carbocycles. The lowest BCUT2D eigenvalue weighted by Crippen LogP contribution is -2.50. The molecular weight excluding hydrogens is 324 g/mol. The molecule has 26 heavy (non-hydrogen) atoms. The average molecular weight is 342 g/mol. The van der Waals surface area contributed by atoms with E-state index in [1.807, 2.05) is 73.6 Å². The van der Waals surface area contributed by atoms with Gasteiger partial charge in [-0.15, -0.1) is 0 Å². The molecule has 2 heterocycles. The lowest BCUT2D eigenvalue weighted by molar-refractivity contribution is 0.0718. The van der Waals surface area contributed by atoms with Gasteiger partial charge in [-0.2, -0.15) is 0 Å². The SMILES string of the molecule is CN1C(=O)c2ccccc2C2C1=CC=C1c3ccccc3C(=O)N(C)C12. The van der Waals surface area contributed by atoms with E-state index in [0.717, 1.165) is 33.5 Å². The molecule has 0 saturated heterocycles. The van der Waals surface area contributed by atoms with Crippen LogP contribution in [0.25, 0.3) is 5.57 Å². The Morgan fingerprint density at radius 1 is 0.769 bits per heavy atom. The molecule has 4 nitrogen and oxygen atoms in total. The van der Waals surface area contributed by atoms with E-state index in [1.165, 1.54) is 0 Å². The normalized spacial score (nSPS) is 23.5. The second kappa shape index (κ2) is 5.18. The van der Waals surface area contributed by atoms with Gasteiger partial charge in [-0.05, 0) is 34.9 Å². The standard InChI is InChI=1S/C22H18N2O2/c1-23-18-12-11-15-13-7-3-5-9-16(13)22(26)24(2)20(15)19(18)14-8-4-6-10-17(14)21(23)25/h3-12,19-20H,1-2H3. The second-order valence-corrected chi connectivity index (χ2v) is 7.05. The summed E-state index contributed by atoms with van der Waals surface area (Å²) in [5.74, 6) is -0.0117. The molecule has 2 atom stereocenters. The van der Waals surface area contributed by atoms with Crippen molar-refractivity contribution >= 4 is 17.4 Å². The first kappa shape index (κ1) is 15.1. The van der Waals surface area contributed by atoms with Crippen molar-refractivity contribution in [1.82, 2.24) is 9.80 Å². The molecule has 1 aliphatic carbocycles. The van der Waals surface area contributed by atoms with Gasteiger partial charge in [-0.1, -0.05) is 42.5 Å². The van der Waals surface area contributed by atoms with E-state index < -0.39 is 0 Å². The number of nitrogens with zero attached hydrogens (tertiary/aromatic N) is 2. The summed E-state index contributed by atoms with van der Waals surface area (Å²) in [6, 6.07) is 15.4. The third kappa shape index (κ3) is 1.79. The Bertz CT molecular complexity index is 1030. The van der Waals surface area contributed by atoms with Crippen molar-refractivity contribution in [2.24, 2.45) is 0 Å². The Balaban J connectivity index is 1.79. The molecule has 2 aromatic rings. The first-order chi connectivity index (χ1) is 12.6. The third-order valence-electron chi connectivity index (χ3n) is 5.81. The van der Waals surface area contributed by atoms with Crippen molar-refractivity contribution in [2.75, 3.05) is 14.1 Å². The number of allylic oxidation sites excluding steroid dienone is 2. The van der Waals surface area contributed by atoms with Crippen molar-refractivity contribution in [2.45, 2.75) is 12.0 Å². The fraction of sp³-hybridized carbons (Fsp3) is 0.182. The molecule has 2 amide bonds. The molecular formula is C22H18N2O2. The van der Waals surface area contributed by atoms with E-state index in [1.54, 1.807) is 4.90 Å². The Morgan fingerprint density at radius 3 is 2.19 bits per heavy atom. The zero-order valence-electron chi connectivity index (χ0n) is 14.6. The molecule has 0 N–H and O–H groups in total. The summed E-state index contributed by atoms with van der Waals surface area (Å²) >= 11 is 0. The van der Waals surface area contributed by atoms with E-state index in [-0.39, 0.29) is 23.8 Å². The molecule has 2 aliphatic heterocycles. The number of carbonyl (C=O) groups excluding carboxylic acids is 2. The largest absolute Gasteiger partial charge is 0.334 e. The summed E-state index contributed by atoms with van der Waals surface area (Å²) in [6.45, 7) is 0. The predicted molar refractivity (Wildman–Crippen MR) is 99.7 cm³/mol. The minimum absolute atomic E-state index is 0.00476. The minimum atomic E-state index is -0.117. The highest BCUT2D eigenvalue weighted by molar-refractivity contribution is 6.05. The molecule has 128 valence electrons. The quantitative estimate of drug-likeness (QED) is 0.737. The fourth-order valence-corrected chi connectivity index (χ4v) is 4.55. The van der Waals surface area contributed by atoms with Crippen LogP contribution in [0, 0.1) is 0 Å². The van der Waals surface area contributed by atoms with Gasteiger partial charge in [0.2, 0.25) is 0 Å². The van der Waals surface area contributed by atoms with Gasteiger partial charge in [0, 0.05) is 36.8 Å². The first-order valence-electron chi connectivity index (χ1n) is 8.75. The van der Waals surface area contributed by atoms with Crippen molar-refractivity contribution in [3.63, 3.8) is 0 Å². The molecule has 0 fully saturated rings. The first-order valence-corrected chi connectivity index (χ1v) is 8.75. The second-order valence-electron chi connectivity index (χ2n) is 7.05. The van der Waals surface area contributed by atoms with E-state index in [4.69, 9.17) is 0 Å². The maximum absolute atomic E-state index is 13.0. The molecule has 2 aromatic carbocycles. The Morgan fingerprint density at radius 2 is 1.42 bits per heavy atom. The topological polar surface area (TPSA) is 40.6 Å². The van der Waals surface area contributed by atoms with Crippen molar-refractivity contribution in [1.29, 1.82) is 0 Å². The average Bonchev–Trinajstić information content (AvgIpc) is 2.69. The molecule has 3 aliphatic rings. The van der Waals surface area contributed by atoms with Crippen LogP contribution in [0.4, 0.5) is 0 Å². The van der Waals surface area contributed by atoms with Crippen molar-refractivity contribution in [3.8, 4) is 0 Å². The lowest BCUT2D eigenvalue weighted by Gasteiger charge is -2.47. The number of amides is 2. The van der Waals surface area contributed by atoms with Gasteiger partial charge >= 0.3 is 0 Å². The molecule has 0 spiro atoms. The predicted octanol–water partition coefficient (Wildman–Crippen LogP) is 3.29. The van der Waals surface area contributed by atoms with Crippen LogP contribution in [0.3, 0.4) is 0 Å². The Kier molecular flexibility index (Phi) is 3.02. The summed E-state index contributed by atoms with van der Waals surface area (Å²) in [5, 5.41) is 0. The highest BCUT2D eigenvalue weighted by Crippen LogP contribution is 2.48. The highest BCUT2D eigenvalue weighted by Gasteiger charge is 2.46.